The lowest BCUT2D eigenvalue weighted by Gasteiger charge is -2.32. The molecule has 0 bridgehead atoms. The van der Waals surface area contributed by atoms with Gasteiger partial charge in [-0.15, -0.1) is 0 Å². The van der Waals surface area contributed by atoms with Gasteiger partial charge in [-0.3, -0.25) is 9.78 Å². The predicted octanol–water partition coefficient (Wildman–Crippen LogP) is 6.33. The maximum absolute atomic E-state index is 11.9. The maximum Gasteiger partial charge on any atom is 0.272 e. The third-order valence-electron chi connectivity index (χ3n) is 5.28. The summed E-state index contributed by atoms with van der Waals surface area (Å²) in [6, 6.07) is 3.41. The van der Waals surface area contributed by atoms with Crippen LogP contribution in [-0.2, 0) is 0 Å². The van der Waals surface area contributed by atoms with Gasteiger partial charge in [0.25, 0.3) is 5.91 Å². The molecule has 0 saturated carbocycles. The highest BCUT2D eigenvalue weighted by molar-refractivity contribution is 5.94. The first-order chi connectivity index (χ1) is 14.3. The number of pyridine rings is 1. The van der Waals surface area contributed by atoms with Crippen molar-refractivity contribution in [2.45, 2.75) is 53.9 Å². The van der Waals surface area contributed by atoms with Crippen molar-refractivity contribution in [2.24, 2.45) is 10.5 Å². The minimum absolute atomic E-state index is 0.264. The highest BCUT2D eigenvalue weighted by Gasteiger charge is 2.26. The fraction of sp³-hybridized carbons (Fsp3) is 0.346. The molecule has 1 aliphatic rings. The number of hydrogen-bond acceptors (Lipinski definition) is 3. The topological polar surface area (TPSA) is 54.4 Å². The number of aromatic nitrogens is 1. The number of rotatable bonds is 7. The van der Waals surface area contributed by atoms with Crippen molar-refractivity contribution in [1.29, 1.82) is 0 Å². The molecule has 0 saturated heterocycles. The van der Waals surface area contributed by atoms with E-state index in [1.165, 1.54) is 42.2 Å². The number of hydrogen-bond donors (Lipinski definition) is 1. The minimum Gasteiger partial charge on any atom is -0.267 e. The number of nitrogens with zero attached hydrogens (tertiary/aromatic N) is 2. The average molecular weight is 404 g/mol. The minimum atomic E-state index is -0.280. The lowest BCUT2D eigenvalue weighted by molar-refractivity contribution is 0.0955. The highest BCUT2D eigenvalue weighted by atomic mass is 16.2. The molecule has 4 heteroatoms. The predicted molar refractivity (Wildman–Crippen MR) is 126 cm³/mol. The first kappa shape index (κ1) is 23.3. The molecule has 2 rings (SSSR count). The Labute approximate surface area is 180 Å². The molecule has 0 unspecified atom stereocenters. The van der Waals surface area contributed by atoms with Crippen LogP contribution in [0.2, 0.25) is 0 Å². The van der Waals surface area contributed by atoms with Gasteiger partial charge in [-0.1, -0.05) is 55.4 Å². The second-order valence-corrected chi connectivity index (χ2v) is 8.41. The molecule has 1 amide bonds. The highest BCUT2D eigenvalue weighted by Crippen LogP contribution is 2.40. The molecule has 158 valence electrons. The van der Waals surface area contributed by atoms with E-state index in [0.717, 1.165) is 5.57 Å². The van der Waals surface area contributed by atoms with Crippen molar-refractivity contribution in [3.05, 3.63) is 88.8 Å². The molecule has 0 fully saturated rings. The molecule has 30 heavy (non-hydrogen) atoms. The van der Waals surface area contributed by atoms with Gasteiger partial charge in [0.1, 0.15) is 0 Å². The van der Waals surface area contributed by atoms with Gasteiger partial charge in [-0.25, -0.2) is 5.43 Å². The van der Waals surface area contributed by atoms with E-state index in [2.05, 4.69) is 61.4 Å². The summed E-state index contributed by atoms with van der Waals surface area (Å²) in [4.78, 5) is 15.8. The molecule has 1 aromatic heterocycles. The zero-order valence-corrected chi connectivity index (χ0v) is 18.8. The molecule has 4 nitrogen and oxygen atoms in total. The summed E-state index contributed by atoms with van der Waals surface area (Å²) >= 11 is 0. The number of allylic oxidation sites excluding steroid dienone is 10. The van der Waals surface area contributed by atoms with Gasteiger partial charge in [-0.2, -0.15) is 5.10 Å². The van der Waals surface area contributed by atoms with Crippen molar-refractivity contribution >= 4 is 12.1 Å². The smallest absolute Gasteiger partial charge is 0.267 e. The SMILES string of the molecule is CC1=C(/C=C/C(C)=C/C=C\C(C)=C/C=N/NC(=O)c2cccnc2)C(C)(C)CCC1. The zero-order chi connectivity index (χ0) is 22.0. The quantitative estimate of drug-likeness (QED) is 0.329. The Bertz CT molecular complexity index is 913. The van der Waals surface area contributed by atoms with Crippen molar-refractivity contribution in [2.75, 3.05) is 0 Å². The van der Waals surface area contributed by atoms with Crippen molar-refractivity contribution < 1.29 is 4.79 Å². The van der Waals surface area contributed by atoms with E-state index in [1.54, 1.807) is 24.5 Å². The monoisotopic (exact) mass is 403 g/mol. The van der Waals surface area contributed by atoms with Crippen molar-refractivity contribution in [3.63, 3.8) is 0 Å². The molecule has 0 radical (unpaired) electrons. The van der Waals surface area contributed by atoms with Crippen LogP contribution in [0.15, 0.2) is 88.4 Å². The van der Waals surface area contributed by atoms with Crippen LogP contribution in [0.25, 0.3) is 0 Å². The fourth-order valence-electron chi connectivity index (χ4n) is 3.50. The van der Waals surface area contributed by atoms with Crippen LogP contribution in [0.3, 0.4) is 0 Å². The fourth-order valence-corrected chi connectivity index (χ4v) is 3.50. The summed E-state index contributed by atoms with van der Waals surface area (Å²) in [6.45, 7) is 11.0. The molecular weight excluding hydrogens is 370 g/mol. The summed E-state index contributed by atoms with van der Waals surface area (Å²) in [5.74, 6) is -0.280. The Morgan fingerprint density at radius 3 is 2.67 bits per heavy atom. The second kappa shape index (κ2) is 11.2. The van der Waals surface area contributed by atoms with Gasteiger partial charge < -0.3 is 0 Å². The van der Waals surface area contributed by atoms with E-state index in [-0.39, 0.29) is 11.3 Å². The van der Waals surface area contributed by atoms with Crippen molar-refractivity contribution in [3.8, 4) is 0 Å². The molecular formula is C26H33N3O. The van der Waals surface area contributed by atoms with Gasteiger partial charge in [0.05, 0.1) is 5.56 Å². The molecule has 0 atom stereocenters. The molecule has 1 aromatic rings. The lowest BCUT2D eigenvalue weighted by Crippen LogP contribution is -2.19. The van der Waals surface area contributed by atoms with E-state index >= 15 is 0 Å². The Kier molecular flexibility index (Phi) is 8.72. The van der Waals surface area contributed by atoms with E-state index in [4.69, 9.17) is 0 Å². The van der Waals surface area contributed by atoms with Crippen LogP contribution in [0, 0.1) is 5.41 Å². The number of hydrazone groups is 1. The molecule has 0 aliphatic heterocycles. The Morgan fingerprint density at radius 1 is 1.20 bits per heavy atom. The van der Waals surface area contributed by atoms with Gasteiger partial charge >= 0.3 is 0 Å². The van der Waals surface area contributed by atoms with Crippen LogP contribution < -0.4 is 5.43 Å². The molecule has 0 aromatic carbocycles. The van der Waals surface area contributed by atoms with Crippen LogP contribution in [-0.4, -0.2) is 17.1 Å². The normalized spacial score (nSPS) is 18.0. The molecule has 1 N–H and O–H groups in total. The first-order valence-electron chi connectivity index (χ1n) is 10.4. The number of amides is 1. The number of carbonyl (C=O) groups is 1. The second-order valence-electron chi connectivity index (χ2n) is 8.41. The number of carbonyl (C=O) groups excluding carboxylic acids is 1. The number of nitrogens with one attached hydrogen (secondary N) is 1. The van der Waals surface area contributed by atoms with Crippen LogP contribution in [0.1, 0.15) is 64.2 Å². The third-order valence-corrected chi connectivity index (χ3v) is 5.28. The van der Waals surface area contributed by atoms with Gasteiger partial charge in [0.15, 0.2) is 0 Å². The van der Waals surface area contributed by atoms with Gasteiger partial charge in [0.2, 0.25) is 0 Å². The van der Waals surface area contributed by atoms with E-state index in [9.17, 15) is 4.79 Å². The Morgan fingerprint density at radius 2 is 1.97 bits per heavy atom. The van der Waals surface area contributed by atoms with Gasteiger partial charge in [0, 0.05) is 18.6 Å². The van der Waals surface area contributed by atoms with Crippen LogP contribution in [0.5, 0.6) is 0 Å². The summed E-state index contributed by atoms with van der Waals surface area (Å²) < 4.78 is 0. The summed E-state index contributed by atoms with van der Waals surface area (Å²) in [5.41, 5.74) is 8.46. The van der Waals surface area contributed by atoms with Gasteiger partial charge in [-0.05, 0) is 74.8 Å². The average Bonchev–Trinajstić information content (AvgIpc) is 2.71. The third kappa shape index (κ3) is 7.43. The molecule has 1 heterocycles. The lowest BCUT2D eigenvalue weighted by atomic mass is 9.72. The maximum atomic E-state index is 11.9. The standard InChI is InChI=1S/C26H33N3O/c1-20(13-14-24-22(3)11-7-16-26(24,4)5)9-6-10-21(2)15-18-28-29-25(30)23-12-8-17-27-19-23/h6,8-10,12-15,17-19H,7,11,16H2,1-5H3,(H,29,30)/b10-6-,14-13+,20-9+,21-15-,28-18+. The van der Waals surface area contributed by atoms with Crippen LogP contribution >= 0.6 is 0 Å². The Balaban J connectivity index is 1.88. The van der Waals surface area contributed by atoms with Crippen molar-refractivity contribution in [1.82, 2.24) is 10.4 Å². The first-order valence-corrected chi connectivity index (χ1v) is 10.4. The summed E-state index contributed by atoms with van der Waals surface area (Å²) in [6.07, 6.45) is 20.9. The van der Waals surface area contributed by atoms with E-state index in [1.807, 2.05) is 25.2 Å². The zero-order valence-electron chi connectivity index (χ0n) is 18.8. The van der Waals surface area contributed by atoms with Crippen LogP contribution in [0.4, 0.5) is 0 Å². The molecule has 0 spiro atoms. The molecule has 1 aliphatic carbocycles. The summed E-state index contributed by atoms with van der Waals surface area (Å²) in [5, 5.41) is 3.94. The largest absolute Gasteiger partial charge is 0.272 e. The Hall–Kier alpha value is -3.01. The van der Waals surface area contributed by atoms with E-state index < -0.39 is 0 Å². The van der Waals surface area contributed by atoms with E-state index in [0.29, 0.717) is 5.56 Å². The summed E-state index contributed by atoms with van der Waals surface area (Å²) in [7, 11) is 0.